The molecule has 0 bridgehead atoms. The maximum absolute atomic E-state index is 12.2. The largest absolute Gasteiger partial charge is 0.352 e. The summed E-state index contributed by atoms with van der Waals surface area (Å²) >= 11 is 0. The SMILES string of the molecule is Cc1c(NC(=O)N[C@@H]2C=CS(=O)(=O)C2)cccc1C(=O)NCC(C)C. The van der Waals surface area contributed by atoms with Crippen molar-refractivity contribution in [2.45, 2.75) is 26.8 Å². The first-order valence-corrected chi connectivity index (χ1v) is 9.76. The Bertz CT molecular complexity index is 800. The third kappa shape index (κ3) is 5.32. The molecule has 7 nitrogen and oxygen atoms in total. The lowest BCUT2D eigenvalue weighted by Crippen LogP contribution is -2.38. The van der Waals surface area contributed by atoms with Crippen molar-refractivity contribution in [2.75, 3.05) is 17.6 Å². The van der Waals surface area contributed by atoms with E-state index >= 15 is 0 Å². The number of carbonyl (C=O) groups excluding carboxylic acids is 2. The molecule has 2 rings (SSSR count). The molecule has 0 unspecified atom stereocenters. The molecular formula is C17H23N3O4S. The molecule has 3 amide bonds. The van der Waals surface area contributed by atoms with Crippen molar-refractivity contribution >= 4 is 27.5 Å². The number of anilines is 1. The van der Waals surface area contributed by atoms with Crippen LogP contribution in [0.4, 0.5) is 10.5 Å². The molecule has 0 spiro atoms. The summed E-state index contributed by atoms with van der Waals surface area (Å²) in [7, 11) is -3.23. The Kier molecular flexibility index (Phi) is 5.84. The van der Waals surface area contributed by atoms with Gasteiger partial charge in [0, 0.05) is 23.2 Å². The fourth-order valence-electron chi connectivity index (χ4n) is 2.40. The van der Waals surface area contributed by atoms with Gasteiger partial charge in [-0.3, -0.25) is 4.79 Å². The van der Waals surface area contributed by atoms with Crippen molar-refractivity contribution in [3.63, 3.8) is 0 Å². The number of carbonyl (C=O) groups is 2. The topological polar surface area (TPSA) is 104 Å². The van der Waals surface area contributed by atoms with E-state index in [1.165, 1.54) is 6.08 Å². The van der Waals surface area contributed by atoms with Crippen LogP contribution in [-0.4, -0.2) is 38.7 Å². The van der Waals surface area contributed by atoms with Gasteiger partial charge >= 0.3 is 6.03 Å². The predicted molar refractivity (Wildman–Crippen MR) is 97.2 cm³/mol. The second kappa shape index (κ2) is 7.69. The van der Waals surface area contributed by atoms with E-state index in [2.05, 4.69) is 16.0 Å². The molecule has 1 heterocycles. The molecule has 25 heavy (non-hydrogen) atoms. The second-order valence-electron chi connectivity index (χ2n) is 6.45. The summed E-state index contributed by atoms with van der Waals surface area (Å²) < 4.78 is 22.7. The zero-order chi connectivity index (χ0) is 18.6. The lowest BCUT2D eigenvalue weighted by Gasteiger charge is -2.15. The van der Waals surface area contributed by atoms with Gasteiger partial charge in [0.25, 0.3) is 5.91 Å². The Morgan fingerprint density at radius 1 is 1.28 bits per heavy atom. The number of sulfone groups is 1. The quantitative estimate of drug-likeness (QED) is 0.740. The number of hydrogen-bond acceptors (Lipinski definition) is 4. The first-order chi connectivity index (χ1) is 11.7. The average Bonchev–Trinajstić information content (AvgIpc) is 2.85. The van der Waals surface area contributed by atoms with Gasteiger partial charge in [-0.15, -0.1) is 0 Å². The van der Waals surface area contributed by atoms with Crippen LogP contribution in [0.1, 0.15) is 29.8 Å². The van der Waals surface area contributed by atoms with Gasteiger partial charge in [0.1, 0.15) is 0 Å². The summed E-state index contributed by atoms with van der Waals surface area (Å²) in [6.07, 6.45) is 1.44. The molecule has 0 radical (unpaired) electrons. The van der Waals surface area contributed by atoms with Crippen LogP contribution in [0.25, 0.3) is 0 Å². The molecule has 1 aromatic carbocycles. The van der Waals surface area contributed by atoms with E-state index in [0.717, 1.165) is 5.41 Å². The molecule has 0 aliphatic carbocycles. The third-order valence-electron chi connectivity index (χ3n) is 3.74. The Balaban J connectivity index is 2.02. The monoisotopic (exact) mass is 365 g/mol. The minimum absolute atomic E-state index is 0.142. The minimum atomic E-state index is -3.23. The molecule has 0 saturated heterocycles. The van der Waals surface area contributed by atoms with Crippen LogP contribution in [0.5, 0.6) is 0 Å². The maximum Gasteiger partial charge on any atom is 0.319 e. The van der Waals surface area contributed by atoms with E-state index in [0.29, 0.717) is 29.3 Å². The van der Waals surface area contributed by atoms with Crippen molar-refractivity contribution in [2.24, 2.45) is 5.92 Å². The first-order valence-electron chi connectivity index (χ1n) is 8.04. The summed E-state index contributed by atoms with van der Waals surface area (Å²) in [5.74, 6) is 0.00371. The highest BCUT2D eigenvalue weighted by Gasteiger charge is 2.23. The number of urea groups is 1. The summed E-state index contributed by atoms with van der Waals surface area (Å²) in [5.41, 5.74) is 1.63. The molecule has 0 fully saturated rings. The molecule has 3 N–H and O–H groups in total. The lowest BCUT2D eigenvalue weighted by molar-refractivity contribution is 0.0948. The van der Waals surface area contributed by atoms with Crippen molar-refractivity contribution in [1.29, 1.82) is 0 Å². The summed E-state index contributed by atoms with van der Waals surface area (Å²) in [5, 5.41) is 9.19. The van der Waals surface area contributed by atoms with Crippen molar-refractivity contribution in [1.82, 2.24) is 10.6 Å². The van der Waals surface area contributed by atoms with E-state index < -0.39 is 21.9 Å². The smallest absolute Gasteiger partial charge is 0.319 e. The van der Waals surface area contributed by atoms with Crippen molar-refractivity contribution < 1.29 is 18.0 Å². The lowest BCUT2D eigenvalue weighted by atomic mass is 10.1. The minimum Gasteiger partial charge on any atom is -0.352 e. The number of hydrogen-bond donors (Lipinski definition) is 3. The average molecular weight is 365 g/mol. The molecule has 8 heteroatoms. The maximum atomic E-state index is 12.2. The van der Waals surface area contributed by atoms with E-state index in [1.807, 2.05) is 13.8 Å². The van der Waals surface area contributed by atoms with Crippen molar-refractivity contribution in [3.8, 4) is 0 Å². The first kappa shape index (κ1) is 19.0. The van der Waals surface area contributed by atoms with Gasteiger partial charge in [-0.1, -0.05) is 19.9 Å². The van der Waals surface area contributed by atoms with Crippen LogP contribution >= 0.6 is 0 Å². The van der Waals surface area contributed by atoms with Crippen LogP contribution in [0.15, 0.2) is 29.7 Å². The zero-order valence-corrected chi connectivity index (χ0v) is 15.3. The van der Waals surface area contributed by atoms with Crippen molar-refractivity contribution in [3.05, 3.63) is 40.8 Å². The molecule has 1 aliphatic heterocycles. The molecule has 1 aliphatic rings. The van der Waals surface area contributed by atoms with Crippen LogP contribution in [0, 0.1) is 12.8 Å². The zero-order valence-electron chi connectivity index (χ0n) is 14.5. The molecule has 136 valence electrons. The summed E-state index contributed by atoms with van der Waals surface area (Å²) in [6, 6.07) is 4.00. The molecule has 0 saturated carbocycles. The van der Waals surface area contributed by atoms with Crippen LogP contribution in [0.2, 0.25) is 0 Å². The van der Waals surface area contributed by atoms with Gasteiger partial charge in [-0.05, 0) is 36.6 Å². The Hall–Kier alpha value is -2.35. The Morgan fingerprint density at radius 3 is 2.60 bits per heavy atom. The second-order valence-corrected chi connectivity index (χ2v) is 8.38. The fourth-order valence-corrected chi connectivity index (χ4v) is 3.64. The van der Waals surface area contributed by atoms with E-state index in [9.17, 15) is 18.0 Å². The fraction of sp³-hybridized carbons (Fsp3) is 0.412. The van der Waals surface area contributed by atoms with E-state index in [4.69, 9.17) is 0 Å². The predicted octanol–water partition coefficient (Wildman–Crippen LogP) is 1.81. The van der Waals surface area contributed by atoms with Crippen LogP contribution in [-0.2, 0) is 9.84 Å². The number of benzene rings is 1. The van der Waals surface area contributed by atoms with E-state index in [-0.39, 0.29) is 11.7 Å². The number of rotatable bonds is 5. The standard InChI is InChI=1S/C17H23N3O4S/c1-11(2)9-18-16(21)14-5-4-6-15(12(14)3)20-17(22)19-13-7-8-25(23,24)10-13/h4-8,11,13H,9-10H2,1-3H3,(H,18,21)(H2,19,20,22)/t13-/m1/s1. The van der Waals surface area contributed by atoms with Gasteiger partial charge in [0.2, 0.25) is 0 Å². The normalized spacial score (nSPS) is 18.2. The highest BCUT2D eigenvalue weighted by molar-refractivity contribution is 7.94. The molecular weight excluding hydrogens is 342 g/mol. The molecule has 1 aromatic rings. The number of amides is 3. The Labute approximate surface area is 147 Å². The number of nitrogens with one attached hydrogen (secondary N) is 3. The summed E-state index contributed by atoms with van der Waals surface area (Å²) in [6.45, 7) is 6.33. The van der Waals surface area contributed by atoms with Crippen LogP contribution < -0.4 is 16.0 Å². The molecule has 0 aromatic heterocycles. The van der Waals surface area contributed by atoms with Gasteiger partial charge in [-0.25, -0.2) is 13.2 Å². The van der Waals surface area contributed by atoms with Gasteiger partial charge in [0.05, 0.1) is 11.8 Å². The third-order valence-corrected chi connectivity index (χ3v) is 5.14. The molecule has 1 atom stereocenters. The summed E-state index contributed by atoms with van der Waals surface area (Å²) in [4.78, 5) is 24.3. The Morgan fingerprint density at radius 2 is 2.00 bits per heavy atom. The van der Waals surface area contributed by atoms with Gasteiger partial charge in [0.15, 0.2) is 9.84 Å². The van der Waals surface area contributed by atoms with Gasteiger partial charge in [-0.2, -0.15) is 0 Å². The van der Waals surface area contributed by atoms with Crippen LogP contribution in [0.3, 0.4) is 0 Å². The van der Waals surface area contributed by atoms with E-state index in [1.54, 1.807) is 25.1 Å². The highest BCUT2D eigenvalue weighted by Crippen LogP contribution is 2.19. The van der Waals surface area contributed by atoms with Gasteiger partial charge < -0.3 is 16.0 Å². The highest BCUT2D eigenvalue weighted by atomic mass is 32.2.